The van der Waals surface area contributed by atoms with Crippen LogP contribution in [0.3, 0.4) is 0 Å². The second kappa shape index (κ2) is 4.11. The Bertz CT molecular complexity index is 350. The van der Waals surface area contributed by atoms with E-state index in [0.717, 1.165) is 11.1 Å². The van der Waals surface area contributed by atoms with Crippen LogP contribution in [0, 0.1) is 6.92 Å². The molecule has 0 aliphatic rings. The average molecular weight is 194 g/mol. The Morgan fingerprint density at radius 3 is 2.71 bits per heavy atom. The number of nitrogens with two attached hydrogens (primary N) is 2. The molecule has 0 unspecified atom stereocenters. The zero-order valence-electron chi connectivity index (χ0n) is 8.03. The summed E-state index contributed by atoms with van der Waals surface area (Å²) < 4.78 is 0. The summed E-state index contributed by atoms with van der Waals surface area (Å²) >= 11 is 0. The van der Waals surface area contributed by atoms with Gasteiger partial charge in [0.15, 0.2) is 0 Å². The van der Waals surface area contributed by atoms with Crippen LogP contribution in [0.15, 0.2) is 18.2 Å². The summed E-state index contributed by atoms with van der Waals surface area (Å²) in [6.45, 7) is 1.89. The van der Waals surface area contributed by atoms with Crippen molar-refractivity contribution in [2.24, 2.45) is 5.73 Å². The molecular formula is C10H14N2O2. The number of hydrogen-bond acceptors (Lipinski definition) is 3. The lowest BCUT2D eigenvalue weighted by Crippen LogP contribution is -2.32. The molecule has 0 heterocycles. The monoisotopic (exact) mass is 194 g/mol. The van der Waals surface area contributed by atoms with Gasteiger partial charge in [-0.05, 0) is 36.6 Å². The fraction of sp³-hybridized carbons (Fsp3) is 0.300. The Labute approximate surface area is 82.5 Å². The van der Waals surface area contributed by atoms with Gasteiger partial charge in [0.2, 0.25) is 0 Å². The molecule has 1 atom stereocenters. The van der Waals surface area contributed by atoms with Gasteiger partial charge in [-0.3, -0.25) is 4.79 Å². The summed E-state index contributed by atoms with van der Waals surface area (Å²) in [7, 11) is 0. The molecule has 76 valence electrons. The number of rotatable bonds is 3. The van der Waals surface area contributed by atoms with Crippen molar-refractivity contribution in [1.29, 1.82) is 0 Å². The molecule has 5 N–H and O–H groups in total. The molecule has 0 saturated heterocycles. The first-order valence-electron chi connectivity index (χ1n) is 4.34. The highest BCUT2D eigenvalue weighted by Crippen LogP contribution is 2.13. The summed E-state index contributed by atoms with van der Waals surface area (Å²) in [6.07, 6.45) is 0.335. The van der Waals surface area contributed by atoms with Crippen molar-refractivity contribution < 1.29 is 9.90 Å². The molecule has 14 heavy (non-hydrogen) atoms. The first-order chi connectivity index (χ1) is 6.50. The molecule has 0 amide bonds. The third-order valence-corrected chi connectivity index (χ3v) is 2.12. The van der Waals surface area contributed by atoms with E-state index in [1.54, 1.807) is 6.07 Å². The zero-order valence-corrected chi connectivity index (χ0v) is 8.03. The molecule has 0 aliphatic carbocycles. The normalized spacial score (nSPS) is 12.4. The van der Waals surface area contributed by atoms with E-state index in [2.05, 4.69) is 0 Å². The molecule has 0 fully saturated rings. The highest BCUT2D eigenvalue weighted by molar-refractivity contribution is 5.73. The lowest BCUT2D eigenvalue weighted by Gasteiger charge is -2.09. The van der Waals surface area contributed by atoms with Crippen LogP contribution in [0.2, 0.25) is 0 Å². The Kier molecular flexibility index (Phi) is 3.09. The zero-order chi connectivity index (χ0) is 10.7. The Balaban J connectivity index is 2.82. The van der Waals surface area contributed by atoms with Crippen LogP contribution in [0.5, 0.6) is 0 Å². The second-order valence-electron chi connectivity index (χ2n) is 3.33. The number of benzene rings is 1. The minimum absolute atomic E-state index is 0.335. The third-order valence-electron chi connectivity index (χ3n) is 2.12. The minimum atomic E-state index is -0.985. The van der Waals surface area contributed by atoms with E-state index in [9.17, 15) is 4.79 Å². The number of carboxylic acids is 1. The Hall–Kier alpha value is -1.55. The summed E-state index contributed by atoms with van der Waals surface area (Å²) in [4.78, 5) is 10.5. The molecule has 4 heteroatoms. The van der Waals surface area contributed by atoms with Gasteiger partial charge >= 0.3 is 5.97 Å². The molecular weight excluding hydrogens is 180 g/mol. The van der Waals surface area contributed by atoms with Crippen molar-refractivity contribution in [2.45, 2.75) is 19.4 Å². The number of carbonyl (C=O) groups is 1. The van der Waals surface area contributed by atoms with Gasteiger partial charge in [0.05, 0.1) is 0 Å². The number of carboxylic acid groups (broad SMARTS) is 1. The third kappa shape index (κ3) is 2.47. The van der Waals surface area contributed by atoms with Crippen molar-refractivity contribution in [1.82, 2.24) is 0 Å². The smallest absolute Gasteiger partial charge is 0.320 e. The quantitative estimate of drug-likeness (QED) is 0.612. The maximum atomic E-state index is 10.5. The minimum Gasteiger partial charge on any atom is -0.480 e. The topological polar surface area (TPSA) is 89.3 Å². The molecule has 1 rings (SSSR count). The number of anilines is 1. The molecule has 0 saturated carbocycles. The van der Waals surface area contributed by atoms with Gasteiger partial charge < -0.3 is 16.6 Å². The van der Waals surface area contributed by atoms with E-state index in [0.29, 0.717) is 12.1 Å². The van der Waals surface area contributed by atoms with Crippen LogP contribution in [-0.4, -0.2) is 17.1 Å². The lowest BCUT2D eigenvalue weighted by molar-refractivity contribution is -0.138. The van der Waals surface area contributed by atoms with E-state index < -0.39 is 12.0 Å². The predicted octanol–water partition coefficient (Wildman–Crippen LogP) is 0.532. The van der Waals surface area contributed by atoms with E-state index >= 15 is 0 Å². The van der Waals surface area contributed by atoms with Crippen LogP contribution in [-0.2, 0) is 11.2 Å². The van der Waals surface area contributed by atoms with Crippen molar-refractivity contribution in [3.8, 4) is 0 Å². The van der Waals surface area contributed by atoms with Crippen LogP contribution in [0.4, 0.5) is 5.69 Å². The van der Waals surface area contributed by atoms with Crippen LogP contribution >= 0.6 is 0 Å². The fourth-order valence-electron chi connectivity index (χ4n) is 1.27. The summed E-state index contributed by atoms with van der Waals surface area (Å²) in [5.74, 6) is -0.985. The lowest BCUT2D eigenvalue weighted by atomic mass is 10.0. The first kappa shape index (κ1) is 10.5. The molecule has 0 radical (unpaired) electrons. The largest absolute Gasteiger partial charge is 0.480 e. The molecule has 1 aromatic carbocycles. The first-order valence-corrected chi connectivity index (χ1v) is 4.34. The molecule has 0 aromatic heterocycles. The maximum absolute atomic E-state index is 10.5. The molecule has 1 aromatic rings. The SMILES string of the molecule is Cc1cc(N)ccc1C[C@H](N)C(=O)O. The molecule has 0 spiro atoms. The second-order valence-corrected chi connectivity index (χ2v) is 3.33. The average Bonchev–Trinajstić information content (AvgIpc) is 2.09. The number of nitrogen functional groups attached to an aromatic ring is 1. The Morgan fingerprint density at radius 2 is 2.21 bits per heavy atom. The highest BCUT2D eigenvalue weighted by Gasteiger charge is 2.13. The summed E-state index contributed by atoms with van der Waals surface area (Å²) in [5, 5.41) is 8.64. The molecule has 0 bridgehead atoms. The van der Waals surface area contributed by atoms with Crippen molar-refractivity contribution in [3.05, 3.63) is 29.3 Å². The van der Waals surface area contributed by atoms with Crippen LogP contribution in [0.25, 0.3) is 0 Å². The van der Waals surface area contributed by atoms with Crippen molar-refractivity contribution in [3.63, 3.8) is 0 Å². The highest BCUT2D eigenvalue weighted by atomic mass is 16.4. The van der Waals surface area contributed by atoms with E-state index in [4.69, 9.17) is 16.6 Å². The molecule has 4 nitrogen and oxygen atoms in total. The predicted molar refractivity (Wildman–Crippen MR) is 54.9 cm³/mol. The maximum Gasteiger partial charge on any atom is 0.320 e. The van der Waals surface area contributed by atoms with Gasteiger partial charge in [-0.1, -0.05) is 6.07 Å². The fourth-order valence-corrected chi connectivity index (χ4v) is 1.27. The number of aliphatic carboxylic acids is 1. The molecule has 0 aliphatic heterocycles. The van der Waals surface area contributed by atoms with Gasteiger partial charge in [-0.15, -0.1) is 0 Å². The van der Waals surface area contributed by atoms with Crippen molar-refractivity contribution in [2.75, 3.05) is 5.73 Å². The van der Waals surface area contributed by atoms with Crippen LogP contribution in [0.1, 0.15) is 11.1 Å². The van der Waals surface area contributed by atoms with E-state index in [-0.39, 0.29) is 0 Å². The summed E-state index contributed by atoms with van der Waals surface area (Å²) in [5.41, 5.74) is 13.6. The van der Waals surface area contributed by atoms with Gasteiger partial charge in [-0.2, -0.15) is 0 Å². The van der Waals surface area contributed by atoms with E-state index in [1.807, 2.05) is 19.1 Å². The standard InChI is InChI=1S/C10H14N2O2/c1-6-4-8(11)3-2-7(6)5-9(12)10(13)14/h2-4,9H,5,11-12H2,1H3,(H,13,14)/t9-/m0/s1. The summed E-state index contributed by atoms with van der Waals surface area (Å²) in [6, 6.07) is 4.52. The van der Waals surface area contributed by atoms with Gasteiger partial charge in [0.1, 0.15) is 6.04 Å². The van der Waals surface area contributed by atoms with Gasteiger partial charge in [0, 0.05) is 5.69 Å². The number of hydrogen-bond donors (Lipinski definition) is 3. The van der Waals surface area contributed by atoms with Crippen LogP contribution < -0.4 is 11.5 Å². The van der Waals surface area contributed by atoms with E-state index in [1.165, 1.54) is 0 Å². The van der Waals surface area contributed by atoms with Gasteiger partial charge in [-0.25, -0.2) is 0 Å². The van der Waals surface area contributed by atoms with Crippen molar-refractivity contribution >= 4 is 11.7 Å². The Morgan fingerprint density at radius 1 is 1.57 bits per heavy atom. The number of aryl methyl sites for hydroxylation is 1. The van der Waals surface area contributed by atoms with Gasteiger partial charge in [0.25, 0.3) is 0 Å².